The van der Waals surface area contributed by atoms with Crippen molar-refractivity contribution in [3.63, 3.8) is 0 Å². The highest BCUT2D eigenvalue weighted by atomic mass is 16.5. The number of hydrazone groups is 1. The van der Waals surface area contributed by atoms with Crippen molar-refractivity contribution in [2.45, 2.75) is 59.0 Å². The van der Waals surface area contributed by atoms with Crippen molar-refractivity contribution in [2.75, 3.05) is 6.54 Å². The number of benzene rings is 1. The Morgan fingerprint density at radius 3 is 2.57 bits per heavy atom. The molecule has 1 aromatic carbocycles. The molecule has 1 atom stereocenters. The first kappa shape index (κ1) is 16.0. The third-order valence-corrected chi connectivity index (χ3v) is 4.37. The highest BCUT2D eigenvalue weighted by molar-refractivity contribution is 6.04. The number of nitrogens with zero attached hydrogens (tertiary/aromatic N) is 3. The number of ether oxygens (including phenoxy) is 1. The third kappa shape index (κ3) is 3.41. The van der Waals surface area contributed by atoms with Crippen molar-refractivity contribution in [3.8, 4) is 0 Å². The Hall–Kier alpha value is -1.84. The van der Waals surface area contributed by atoms with Gasteiger partial charge in [-0.25, -0.2) is 4.99 Å². The molecule has 1 saturated heterocycles. The van der Waals surface area contributed by atoms with E-state index in [1.165, 1.54) is 0 Å². The first-order chi connectivity index (χ1) is 10.8. The van der Waals surface area contributed by atoms with E-state index in [1.54, 1.807) is 0 Å². The molecule has 0 radical (unpaired) electrons. The van der Waals surface area contributed by atoms with Crippen LogP contribution < -0.4 is 0 Å². The number of rotatable bonds is 1. The van der Waals surface area contributed by atoms with E-state index in [1.807, 2.05) is 30.3 Å². The van der Waals surface area contributed by atoms with Gasteiger partial charge in [-0.15, -0.1) is 5.10 Å². The molecule has 0 aliphatic carbocycles. The number of fused-ring (bicyclic) bond motifs is 1. The van der Waals surface area contributed by atoms with E-state index >= 15 is 0 Å². The Morgan fingerprint density at radius 1 is 1.22 bits per heavy atom. The van der Waals surface area contributed by atoms with E-state index in [-0.39, 0.29) is 17.0 Å². The lowest BCUT2D eigenvalue weighted by atomic mass is 9.76. The van der Waals surface area contributed by atoms with Crippen LogP contribution in [-0.2, 0) is 4.74 Å². The average Bonchev–Trinajstić information content (AvgIpc) is 2.45. The molecule has 2 heterocycles. The minimum atomic E-state index is -0.173. The molecule has 0 bridgehead atoms. The fourth-order valence-corrected chi connectivity index (χ4v) is 3.34. The van der Waals surface area contributed by atoms with Crippen LogP contribution in [0.3, 0.4) is 0 Å². The highest BCUT2D eigenvalue weighted by Gasteiger charge is 2.45. The van der Waals surface area contributed by atoms with Gasteiger partial charge in [0.2, 0.25) is 11.8 Å². The number of hydrogen-bond acceptors (Lipinski definition) is 4. The van der Waals surface area contributed by atoms with Gasteiger partial charge in [0.05, 0.1) is 5.54 Å². The van der Waals surface area contributed by atoms with Gasteiger partial charge < -0.3 is 4.74 Å². The van der Waals surface area contributed by atoms with Crippen LogP contribution in [0.1, 0.15) is 53.0 Å². The van der Waals surface area contributed by atoms with Crippen molar-refractivity contribution in [3.05, 3.63) is 35.9 Å². The van der Waals surface area contributed by atoms with Gasteiger partial charge in [0, 0.05) is 12.1 Å². The Kier molecular flexibility index (Phi) is 3.95. The van der Waals surface area contributed by atoms with Crippen LogP contribution in [0, 0.1) is 5.41 Å². The van der Waals surface area contributed by atoms with Gasteiger partial charge in [0.25, 0.3) is 0 Å². The quantitative estimate of drug-likeness (QED) is 0.784. The Bertz CT molecular complexity index is 626. The minimum Gasteiger partial charge on any atom is -0.420 e. The average molecular weight is 313 g/mol. The second kappa shape index (κ2) is 5.66. The molecule has 4 nitrogen and oxygen atoms in total. The third-order valence-electron chi connectivity index (χ3n) is 4.37. The standard InChI is InChI=1S/C19H27N3O/c1-18(2,3)20-17-15-19(4,5)12-9-13-22(15)21-16(23-17)14-10-7-6-8-11-14/h6-8,10-11,15H,9,12-13H2,1-5H3. The van der Waals surface area contributed by atoms with Crippen LogP contribution in [0.25, 0.3) is 0 Å². The smallest absolute Gasteiger partial charge is 0.245 e. The van der Waals surface area contributed by atoms with Gasteiger partial charge in [-0.05, 0) is 51.2 Å². The molecule has 0 amide bonds. The van der Waals surface area contributed by atoms with E-state index in [0.717, 1.165) is 30.8 Å². The summed E-state index contributed by atoms with van der Waals surface area (Å²) >= 11 is 0. The van der Waals surface area contributed by atoms with Crippen LogP contribution in [0.5, 0.6) is 0 Å². The predicted molar refractivity (Wildman–Crippen MR) is 94.8 cm³/mol. The van der Waals surface area contributed by atoms with Crippen molar-refractivity contribution < 1.29 is 4.74 Å². The highest BCUT2D eigenvalue weighted by Crippen LogP contribution is 2.38. The zero-order valence-electron chi connectivity index (χ0n) is 14.8. The summed E-state index contributed by atoms with van der Waals surface area (Å²) in [5.41, 5.74) is 0.929. The largest absolute Gasteiger partial charge is 0.420 e. The zero-order chi connectivity index (χ0) is 16.7. The molecule has 1 fully saturated rings. The van der Waals surface area contributed by atoms with E-state index < -0.39 is 0 Å². The molecule has 0 saturated carbocycles. The first-order valence-corrected chi connectivity index (χ1v) is 8.45. The van der Waals surface area contributed by atoms with Crippen molar-refractivity contribution in [1.29, 1.82) is 0 Å². The maximum atomic E-state index is 6.21. The number of piperidine rings is 1. The van der Waals surface area contributed by atoms with Gasteiger partial charge in [-0.2, -0.15) is 0 Å². The monoisotopic (exact) mass is 313 g/mol. The molecule has 2 aliphatic heterocycles. The molecular formula is C19H27N3O. The summed E-state index contributed by atoms with van der Waals surface area (Å²) in [6.45, 7) is 11.9. The molecule has 0 spiro atoms. The molecule has 2 aliphatic rings. The summed E-state index contributed by atoms with van der Waals surface area (Å²) in [7, 11) is 0. The molecule has 23 heavy (non-hydrogen) atoms. The summed E-state index contributed by atoms with van der Waals surface area (Å²) in [5.74, 6) is 1.46. The summed E-state index contributed by atoms with van der Waals surface area (Å²) < 4.78 is 6.21. The molecule has 4 heteroatoms. The van der Waals surface area contributed by atoms with Gasteiger partial charge in [0.1, 0.15) is 6.04 Å². The minimum absolute atomic E-state index is 0.105. The molecule has 124 valence electrons. The Morgan fingerprint density at radius 2 is 1.91 bits per heavy atom. The first-order valence-electron chi connectivity index (χ1n) is 8.45. The SMILES string of the molecule is CC(C)(C)N=C1OC(c2ccccc2)=NN2CCCC(C)(C)C12. The van der Waals surface area contributed by atoms with Gasteiger partial charge in [0.15, 0.2) is 0 Å². The predicted octanol–water partition coefficient (Wildman–Crippen LogP) is 4.07. The van der Waals surface area contributed by atoms with Crippen LogP contribution in [-0.4, -0.2) is 34.9 Å². The molecule has 0 N–H and O–H groups in total. The van der Waals surface area contributed by atoms with Crippen LogP contribution >= 0.6 is 0 Å². The fraction of sp³-hybridized carbons (Fsp3) is 0.579. The van der Waals surface area contributed by atoms with Gasteiger partial charge in [-0.3, -0.25) is 5.01 Å². The van der Waals surface area contributed by atoms with E-state index in [9.17, 15) is 0 Å². The summed E-state index contributed by atoms with van der Waals surface area (Å²) in [5, 5.41) is 6.98. The van der Waals surface area contributed by atoms with Crippen LogP contribution in [0.4, 0.5) is 0 Å². The summed E-state index contributed by atoms with van der Waals surface area (Å²) in [6.07, 6.45) is 2.31. The summed E-state index contributed by atoms with van der Waals surface area (Å²) in [4.78, 5) is 4.90. The lowest BCUT2D eigenvalue weighted by Gasteiger charge is -2.47. The Labute approximate surface area is 139 Å². The van der Waals surface area contributed by atoms with E-state index in [2.05, 4.69) is 39.6 Å². The van der Waals surface area contributed by atoms with Crippen molar-refractivity contribution >= 4 is 11.8 Å². The normalized spacial score (nSPS) is 25.6. The molecule has 3 rings (SSSR count). The maximum Gasteiger partial charge on any atom is 0.245 e. The summed E-state index contributed by atoms with van der Waals surface area (Å²) in [6, 6.07) is 10.2. The van der Waals surface area contributed by atoms with E-state index in [4.69, 9.17) is 14.8 Å². The lowest BCUT2D eigenvalue weighted by molar-refractivity contribution is 0.0599. The second-order valence-corrected chi connectivity index (χ2v) is 8.15. The Balaban J connectivity index is 2.05. The van der Waals surface area contributed by atoms with Crippen molar-refractivity contribution in [1.82, 2.24) is 5.01 Å². The number of aliphatic imine (C=N–C) groups is 1. The van der Waals surface area contributed by atoms with Gasteiger partial charge in [-0.1, -0.05) is 32.0 Å². The van der Waals surface area contributed by atoms with E-state index in [0.29, 0.717) is 5.90 Å². The van der Waals surface area contributed by atoms with Crippen molar-refractivity contribution in [2.24, 2.45) is 15.5 Å². The van der Waals surface area contributed by atoms with Gasteiger partial charge >= 0.3 is 0 Å². The number of hydrogen-bond donors (Lipinski definition) is 0. The molecule has 1 unspecified atom stereocenters. The maximum absolute atomic E-state index is 6.21. The van der Waals surface area contributed by atoms with Crippen LogP contribution in [0.15, 0.2) is 40.4 Å². The fourth-order valence-electron chi connectivity index (χ4n) is 3.34. The zero-order valence-corrected chi connectivity index (χ0v) is 14.8. The van der Waals surface area contributed by atoms with Crippen LogP contribution in [0.2, 0.25) is 0 Å². The molecule has 0 aromatic heterocycles. The topological polar surface area (TPSA) is 37.2 Å². The second-order valence-electron chi connectivity index (χ2n) is 8.15. The molecular weight excluding hydrogens is 286 g/mol. The lowest BCUT2D eigenvalue weighted by Crippen LogP contribution is -2.56. The molecule has 1 aromatic rings.